The molecule has 86 valence electrons. The number of nitrogens with one attached hydrogen (secondary N) is 1. The molecule has 0 saturated carbocycles. The molecule has 1 amide bonds. The van der Waals surface area contributed by atoms with Crippen molar-refractivity contribution in [2.24, 2.45) is 5.92 Å². The first kappa shape index (κ1) is 11.0. The molecule has 1 fully saturated rings. The maximum atomic E-state index is 11.9. The van der Waals surface area contributed by atoms with Crippen LogP contribution in [-0.2, 0) is 9.53 Å². The minimum atomic E-state index is -0.0478. The molecule has 1 saturated heterocycles. The summed E-state index contributed by atoms with van der Waals surface area (Å²) in [4.78, 5) is 11.9. The minimum Gasteiger partial charge on any atom is -0.397 e. The molecule has 1 aliphatic heterocycles. The Bertz CT molecular complexity index is 373. The molecule has 16 heavy (non-hydrogen) atoms. The van der Waals surface area contributed by atoms with Crippen molar-refractivity contribution in [3.05, 3.63) is 24.3 Å². The van der Waals surface area contributed by atoms with Gasteiger partial charge in [-0.1, -0.05) is 12.1 Å². The molecule has 0 aromatic heterocycles. The van der Waals surface area contributed by atoms with Crippen molar-refractivity contribution in [1.29, 1.82) is 0 Å². The van der Waals surface area contributed by atoms with Gasteiger partial charge < -0.3 is 15.8 Å². The lowest BCUT2D eigenvalue weighted by Crippen LogP contribution is -2.30. The standard InChI is InChI=1S/C12H16N2O2/c13-10-5-1-2-6-11(10)14-12(15)9-4-3-7-16-8-9/h1-2,5-6,9H,3-4,7-8,13H2,(H,14,15). The maximum Gasteiger partial charge on any atom is 0.229 e. The van der Waals surface area contributed by atoms with Crippen molar-refractivity contribution in [2.45, 2.75) is 12.8 Å². The Hall–Kier alpha value is -1.55. The van der Waals surface area contributed by atoms with Crippen LogP contribution in [-0.4, -0.2) is 19.1 Å². The fraction of sp³-hybridized carbons (Fsp3) is 0.417. The van der Waals surface area contributed by atoms with Crippen LogP contribution in [0.15, 0.2) is 24.3 Å². The molecule has 1 heterocycles. The second kappa shape index (κ2) is 4.99. The summed E-state index contributed by atoms with van der Waals surface area (Å²) in [6.45, 7) is 1.27. The van der Waals surface area contributed by atoms with Crippen molar-refractivity contribution in [3.8, 4) is 0 Å². The average molecular weight is 220 g/mol. The number of rotatable bonds is 2. The van der Waals surface area contributed by atoms with Crippen LogP contribution < -0.4 is 11.1 Å². The SMILES string of the molecule is Nc1ccccc1NC(=O)C1CCCOC1. The topological polar surface area (TPSA) is 64.3 Å². The van der Waals surface area contributed by atoms with E-state index in [2.05, 4.69) is 5.32 Å². The second-order valence-electron chi connectivity index (χ2n) is 3.99. The van der Waals surface area contributed by atoms with Crippen LogP contribution in [0.4, 0.5) is 11.4 Å². The van der Waals surface area contributed by atoms with E-state index in [0.29, 0.717) is 18.0 Å². The average Bonchev–Trinajstić information content (AvgIpc) is 2.33. The van der Waals surface area contributed by atoms with E-state index in [1.807, 2.05) is 12.1 Å². The first-order valence-corrected chi connectivity index (χ1v) is 5.50. The van der Waals surface area contributed by atoms with E-state index < -0.39 is 0 Å². The van der Waals surface area contributed by atoms with E-state index in [1.54, 1.807) is 12.1 Å². The van der Waals surface area contributed by atoms with Crippen LogP contribution in [0.1, 0.15) is 12.8 Å². The van der Waals surface area contributed by atoms with E-state index in [4.69, 9.17) is 10.5 Å². The molecule has 1 aromatic carbocycles. The van der Waals surface area contributed by atoms with Gasteiger partial charge >= 0.3 is 0 Å². The summed E-state index contributed by atoms with van der Waals surface area (Å²) < 4.78 is 5.28. The van der Waals surface area contributed by atoms with E-state index in [-0.39, 0.29) is 11.8 Å². The number of amides is 1. The van der Waals surface area contributed by atoms with Gasteiger partial charge in [-0.25, -0.2) is 0 Å². The molecule has 3 N–H and O–H groups in total. The molecule has 4 nitrogen and oxygen atoms in total. The zero-order valence-corrected chi connectivity index (χ0v) is 9.11. The van der Waals surface area contributed by atoms with Gasteiger partial charge in [0.1, 0.15) is 0 Å². The van der Waals surface area contributed by atoms with E-state index in [9.17, 15) is 4.79 Å². The van der Waals surface area contributed by atoms with Gasteiger partial charge in [-0.15, -0.1) is 0 Å². The smallest absolute Gasteiger partial charge is 0.229 e. The Morgan fingerprint density at radius 2 is 2.25 bits per heavy atom. The quantitative estimate of drug-likeness (QED) is 0.744. The molecule has 0 spiro atoms. The number of carbonyl (C=O) groups is 1. The summed E-state index contributed by atoms with van der Waals surface area (Å²) in [6.07, 6.45) is 1.83. The van der Waals surface area contributed by atoms with Crippen molar-refractivity contribution < 1.29 is 9.53 Å². The highest BCUT2D eigenvalue weighted by Crippen LogP contribution is 2.20. The predicted octanol–water partition coefficient (Wildman–Crippen LogP) is 1.63. The summed E-state index contributed by atoms with van der Waals surface area (Å²) >= 11 is 0. The number of anilines is 2. The van der Waals surface area contributed by atoms with Crippen LogP contribution in [0.2, 0.25) is 0 Å². The molecule has 4 heteroatoms. The number of nitrogens with two attached hydrogens (primary N) is 1. The molecule has 1 aliphatic rings. The Labute approximate surface area is 94.8 Å². The number of ether oxygens (including phenoxy) is 1. The fourth-order valence-corrected chi connectivity index (χ4v) is 1.79. The zero-order chi connectivity index (χ0) is 11.4. The van der Waals surface area contributed by atoms with Gasteiger partial charge in [0.2, 0.25) is 5.91 Å². The number of carbonyl (C=O) groups excluding carboxylic acids is 1. The molecule has 0 bridgehead atoms. The van der Waals surface area contributed by atoms with Gasteiger partial charge in [0.05, 0.1) is 23.9 Å². The minimum absolute atomic E-state index is 0.00222. The lowest BCUT2D eigenvalue weighted by Gasteiger charge is -2.21. The highest BCUT2D eigenvalue weighted by Gasteiger charge is 2.21. The largest absolute Gasteiger partial charge is 0.397 e. The van der Waals surface area contributed by atoms with Gasteiger partial charge in [-0.3, -0.25) is 4.79 Å². The van der Waals surface area contributed by atoms with E-state index >= 15 is 0 Å². The van der Waals surface area contributed by atoms with Crippen molar-refractivity contribution in [2.75, 3.05) is 24.3 Å². The number of hydrogen-bond donors (Lipinski definition) is 2. The van der Waals surface area contributed by atoms with Gasteiger partial charge in [0, 0.05) is 6.61 Å². The Kier molecular flexibility index (Phi) is 3.41. The number of benzene rings is 1. The number of nitrogen functional groups attached to an aromatic ring is 1. The van der Waals surface area contributed by atoms with Crippen LogP contribution >= 0.6 is 0 Å². The third-order valence-corrected chi connectivity index (χ3v) is 2.75. The van der Waals surface area contributed by atoms with Crippen LogP contribution in [0.25, 0.3) is 0 Å². The highest BCUT2D eigenvalue weighted by molar-refractivity contribution is 5.95. The molecule has 0 aliphatic carbocycles. The number of hydrogen-bond acceptors (Lipinski definition) is 3. The predicted molar refractivity (Wildman–Crippen MR) is 63.0 cm³/mol. The third kappa shape index (κ3) is 2.52. The first-order chi connectivity index (χ1) is 7.77. The lowest BCUT2D eigenvalue weighted by atomic mass is 10.0. The monoisotopic (exact) mass is 220 g/mol. The Morgan fingerprint density at radius 3 is 2.94 bits per heavy atom. The highest BCUT2D eigenvalue weighted by atomic mass is 16.5. The van der Waals surface area contributed by atoms with Crippen LogP contribution in [0, 0.1) is 5.92 Å². The Morgan fingerprint density at radius 1 is 1.44 bits per heavy atom. The molecule has 1 atom stereocenters. The zero-order valence-electron chi connectivity index (χ0n) is 9.11. The van der Waals surface area contributed by atoms with Crippen LogP contribution in [0.3, 0.4) is 0 Å². The fourth-order valence-electron chi connectivity index (χ4n) is 1.79. The molecular formula is C12H16N2O2. The normalized spacial score (nSPS) is 20.4. The summed E-state index contributed by atoms with van der Waals surface area (Å²) in [7, 11) is 0. The van der Waals surface area contributed by atoms with Crippen molar-refractivity contribution in [3.63, 3.8) is 0 Å². The maximum absolute atomic E-state index is 11.9. The van der Waals surface area contributed by atoms with Gasteiger partial charge in [-0.2, -0.15) is 0 Å². The Balaban J connectivity index is 1.99. The van der Waals surface area contributed by atoms with E-state index in [1.165, 1.54) is 0 Å². The van der Waals surface area contributed by atoms with Crippen LogP contribution in [0.5, 0.6) is 0 Å². The second-order valence-corrected chi connectivity index (χ2v) is 3.99. The molecule has 1 unspecified atom stereocenters. The van der Waals surface area contributed by atoms with Gasteiger partial charge in [-0.05, 0) is 25.0 Å². The van der Waals surface area contributed by atoms with Gasteiger partial charge in [0.25, 0.3) is 0 Å². The van der Waals surface area contributed by atoms with E-state index in [0.717, 1.165) is 19.4 Å². The summed E-state index contributed by atoms with van der Waals surface area (Å²) in [6, 6.07) is 7.27. The molecular weight excluding hydrogens is 204 g/mol. The summed E-state index contributed by atoms with van der Waals surface area (Å²) in [5, 5.41) is 2.84. The molecule has 2 rings (SSSR count). The van der Waals surface area contributed by atoms with Gasteiger partial charge in [0.15, 0.2) is 0 Å². The van der Waals surface area contributed by atoms with Crippen molar-refractivity contribution in [1.82, 2.24) is 0 Å². The molecule has 0 radical (unpaired) electrons. The first-order valence-electron chi connectivity index (χ1n) is 5.50. The summed E-state index contributed by atoms with van der Waals surface area (Å²) in [5.41, 5.74) is 7.02. The number of para-hydroxylation sites is 2. The third-order valence-electron chi connectivity index (χ3n) is 2.75. The van der Waals surface area contributed by atoms with Crippen molar-refractivity contribution >= 4 is 17.3 Å². The lowest BCUT2D eigenvalue weighted by molar-refractivity contribution is -0.123. The molecule has 1 aromatic rings. The summed E-state index contributed by atoms with van der Waals surface area (Å²) in [5.74, 6) is -0.0500.